The van der Waals surface area contributed by atoms with Crippen LogP contribution in [0.2, 0.25) is 0 Å². The van der Waals surface area contributed by atoms with Gasteiger partial charge < -0.3 is 9.26 Å². The summed E-state index contributed by atoms with van der Waals surface area (Å²) in [4.78, 5) is 16.1. The lowest BCUT2D eigenvalue weighted by Crippen LogP contribution is -2.16. The average Bonchev–Trinajstić information content (AvgIpc) is 3.00. The van der Waals surface area contributed by atoms with Gasteiger partial charge in [-0.2, -0.15) is 4.98 Å². The van der Waals surface area contributed by atoms with Crippen molar-refractivity contribution >= 4 is 11.9 Å². The van der Waals surface area contributed by atoms with Gasteiger partial charge in [-0.15, -0.1) is 0 Å². The van der Waals surface area contributed by atoms with E-state index in [1.807, 2.05) is 54.6 Å². The van der Waals surface area contributed by atoms with Crippen molar-refractivity contribution in [2.24, 2.45) is 0 Å². The SMILES string of the molecule is Cc1nc(NC(=O)Cc2ccccc2OCc2ccccc2)no1. The summed E-state index contributed by atoms with van der Waals surface area (Å²) < 4.78 is 10.7. The maximum Gasteiger partial charge on any atom is 0.270 e. The molecule has 0 aliphatic heterocycles. The summed E-state index contributed by atoms with van der Waals surface area (Å²) in [6.07, 6.45) is 0.165. The number of ether oxygens (including phenoxy) is 1. The standard InChI is InChI=1S/C18H17N3O3/c1-13-19-18(21-24-13)20-17(22)11-15-9-5-6-10-16(15)23-12-14-7-3-2-4-8-14/h2-10H,11-12H2,1H3,(H,20,21,22). The van der Waals surface area contributed by atoms with Gasteiger partial charge in [0.2, 0.25) is 11.8 Å². The Labute approximate surface area is 139 Å². The predicted octanol–water partition coefficient (Wildman–Crippen LogP) is 3.14. The van der Waals surface area contributed by atoms with Gasteiger partial charge in [0.1, 0.15) is 12.4 Å². The molecule has 0 saturated heterocycles. The lowest BCUT2D eigenvalue weighted by molar-refractivity contribution is -0.115. The molecule has 0 unspecified atom stereocenters. The van der Waals surface area contributed by atoms with E-state index in [9.17, 15) is 4.79 Å². The highest BCUT2D eigenvalue weighted by atomic mass is 16.5. The van der Waals surface area contributed by atoms with E-state index < -0.39 is 0 Å². The highest BCUT2D eigenvalue weighted by Crippen LogP contribution is 2.20. The van der Waals surface area contributed by atoms with Crippen molar-refractivity contribution in [3.63, 3.8) is 0 Å². The summed E-state index contributed by atoms with van der Waals surface area (Å²) in [5.74, 6) is 1.02. The van der Waals surface area contributed by atoms with E-state index in [0.29, 0.717) is 18.2 Å². The molecule has 0 radical (unpaired) electrons. The first kappa shape index (κ1) is 15.7. The number of carbonyl (C=O) groups excluding carboxylic acids is 1. The molecule has 3 aromatic rings. The Balaban J connectivity index is 1.64. The van der Waals surface area contributed by atoms with Crippen LogP contribution in [0, 0.1) is 6.92 Å². The second-order valence-corrected chi connectivity index (χ2v) is 5.24. The van der Waals surface area contributed by atoms with Gasteiger partial charge in [-0.25, -0.2) is 0 Å². The minimum absolute atomic E-state index is 0.165. The van der Waals surface area contributed by atoms with E-state index in [2.05, 4.69) is 15.5 Å². The van der Waals surface area contributed by atoms with Crippen LogP contribution in [0.3, 0.4) is 0 Å². The Hall–Kier alpha value is -3.15. The maximum atomic E-state index is 12.1. The Morgan fingerprint density at radius 3 is 2.62 bits per heavy atom. The molecular weight excluding hydrogens is 306 g/mol. The molecule has 6 heteroatoms. The summed E-state index contributed by atoms with van der Waals surface area (Å²) >= 11 is 0. The molecule has 3 rings (SSSR count). The first-order valence-corrected chi connectivity index (χ1v) is 7.55. The molecule has 6 nitrogen and oxygen atoms in total. The molecule has 0 aliphatic carbocycles. The average molecular weight is 323 g/mol. The van der Waals surface area contributed by atoms with E-state index in [0.717, 1.165) is 11.1 Å². The van der Waals surface area contributed by atoms with Gasteiger partial charge in [0.05, 0.1) is 6.42 Å². The van der Waals surface area contributed by atoms with Gasteiger partial charge in [-0.1, -0.05) is 48.5 Å². The van der Waals surface area contributed by atoms with Crippen molar-refractivity contribution in [3.8, 4) is 5.75 Å². The molecule has 0 aliphatic rings. The summed E-state index contributed by atoms with van der Waals surface area (Å²) in [5, 5.41) is 6.25. The number of para-hydroxylation sites is 1. The van der Waals surface area contributed by atoms with E-state index in [1.165, 1.54) is 0 Å². The van der Waals surface area contributed by atoms with E-state index in [4.69, 9.17) is 9.26 Å². The lowest BCUT2D eigenvalue weighted by Gasteiger charge is -2.11. The van der Waals surface area contributed by atoms with Crippen LogP contribution in [0.15, 0.2) is 59.1 Å². The molecule has 24 heavy (non-hydrogen) atoms. The second kappa shape index (κ2) is 7.41. The Bertz CT molecular complexity index is 815. The monoisotopic (exact) mass is 323 g/mol. The highest BCUT2D eigenvalue weighted by Gasteiger charge is 2.11. The lowest BCUT2D eigenvalue weighted by atomic mass is 10.1. The van der Waals surface area contributed by atoms with Crippen LogP contribution >= 0.6 is 0 Å². The third-order valence-corrected chi connectivity index (χ3v) is 3.34. The number of nitrogens with one attached hydrogen (secondary N) is 1. The normalized spacial score (nSPS) is 10.4. The van der Waals surface area contributed by atoms with Crippen LogP contribution in [0.1, 0.15) is 17.0 Å². The summed E-state index contributed by atoms with van der Waals surface area (Å²) in [6, 6.07) is 17.3. The zero-order valence-electron chi connectivity index (χ0n) is 13.2. The fourth-order valence-electron chi connectivity index (χ4n) is 2.22. The van der Waals surface area contributed by atoms with Crippen molar-refractivity contribution in [1.29, 1.82) is 0 Å². The van der Waals surface area contributed by atoms with Gasteiger partial charge in [0.25, 0.3) is 5.95 Å². The molecule has 122 valence electrons. The zero-order chi connectivity index (χ0) is 16.8. The molecule has 0 fully saturated rings. The zero-order valence-corrected chi connectivity index (χ0v) is 13.2. The number of nitrogens with zero attached hydrogens (tertiary/aromatic N) is 2. The van der Waals surface area contributed by atoms with Crippen LogP contribution in [0.4, 0.5) is 5.95 Å². The van der Waals surface area contributed by atoms with Gasteiger partial charge in [-0.05, 0) is 16.8 Å². The number of aryl methyl sites for hydroxylation is 1. The van der Waals surface area contributed by atoms with Crippen molar-refractivity contribution in [2.45, 2.75) is 20.0 Å². The third kappa shape index (κ3) is 4.19. The van der Waals surface area contributed by atoms with E-state index in [1.54, 1.807) is 6.92 Å². The van der Waals surface area contributed by atoms with Gasteiger partial charge in [0.15, 0.2) is 0 Å². The Morgan fingerprint density at radius 1 is 1.12 bits per heavy atom. The number of rotatable bonds is 6. The molecular formula is C18H17N3O3. The van der Waals surface area contributed by atoms with Crippen molar-refractivity contribution < 1.29 is 14.1 Å². The third-order valence-electron chi connectivity index (χ3n) is 3.34. The van der Waals surface area contributed by atoms with E-state index in [-0.39, 0.29) is 18.3 Å². The molecule has 1 amide bonds. The molecule has 1 N–H and O–H groups in total. The molecule has 1 heterocycles. The fraction of sp³-hybridized carbons (Fsp3) is 0.167. The quantitative estimate of drug-likeness (QED) is 0.754. The minimum Gasteiger partial charge on any atom is -0.489 e. The summed E-state index contributed by atoms with van der Waals surface area (Å²) in [5.41, 5.74) is 1.87. The number of hydrogen-bond donors (Lipinski definition) is 1. The van der Waals surface area contributed by atoms with Crippen LogP contribution in [0.25, 0.3) is 0 Å². The molecule has 2 aromatic carbocycles. The van der Waals surface area contributed by atoms with Gasteiger partial charge in [0, 0.05) is 12.5 Å². The maximum absolute atomic E-state index is 12.1. The first-order valence-electron chi connectivity index (χ1n) is 7.55. The van der Waals surface area contributed by atoms with Crippen LogP contribution in [0.5, 0.6) is 5.75 Å². The molecule has 1 aromatic heterocycles. The van der Waals surface area contributed by atoms with Crippen molar-refractivity contribution in [1.82, 2.24) is 10.1 Å². The number of benzene rings is 2. The number of carbonyl (C=O) groups is 1. The minimum atomic E-state index is -0.230. The number of amides is 1. The van der Waals surface area contributed by atoms with Crippen molar-refractivity contribution in [3.05, 3.63) is 71.6 Å². The van der Waals surface area contributed by atoms with Crippen LogP contribution in [-0.2, 0) is 17.8 Å². The van der Waals surface area contributed by atoms with Gasteiger partial charge >= 0.3 is 0 Å². The molecule has 0 bridgehead atoms. The fourth-order valence-corrected chi connectivity index (χ4v) is 2.22. The highest BCUT2D eigenvalue weighted by molar-refractivity contribution is 5.90. The number of aromatic nitrogens is 2. The number of hydrogen-bond acceptors (Lipinski definition) is 5. The van der Waals surface area contributed by atoms with Gasteiger partial charge in [-0.3, -0.25) is 10.1 Å². The summed E-state index contributed by atoms with van der Waals surface area (Å²) in [6.45, 7) is 2.11. The predicted molar refractivity (Wildman–Crippen MR) is 88.6 cm³/mol. The second-order valence-electron chi connectivity index (χ2n) is 5.24. The topological polar surface area (TPSA) is 77.2 Å². The Morgan fingerprint density at radius 2 is 1.88 bits per heavy atom. The largest absolute Gasteiger partial charge is 0.489 e. The molecule has 0 saturated carbocycles. The smallest absolute Gasteiger partial charge is 0.270 e. The molecule has 0 spiro atoms. The molecule has 0 atom stereocenters. The number of anilines is 1. The summed E-state index contributed by atoms with van der Waals surface area (Å²) in [7, 11) is 0. The van der Waals surface area contributed by atoms with Crippen LogP contribution < -0.4 is 10.1 Å². The van der Waals surface area contributed by atoms with Crippen LogP contribution in [-0.4, -0.2) is 16.0 Å². The van der Waals surface area contributed by atoms with Crippen molar-refractivity contribution in [2.75, 3.05) is 5.32 Å². The first-order chi connectivity index (χ1) is 11.7. The Kier molecular flexibility index (Phi) is 4.86. The van der Waals surface area contributed by atoms with E-state index >= 15 is 0 Å².